The lowest BCUT2D eigenvalue weighted by Crippen LogP contribution is -2.13. The normalized spacial score (nSPS) is 10.9. The van der Waals surface area contributed by atoms with Gasteiger partial charge in [-0.1, -0.05) is 0 Å². The van der Waals surface area contributed by atoms with E-state index in [0.29, 0.717) is 19.6 Å². The average molecular weight is 299 g/mol. The minimum Gasteiger partial charge on any atom is -0.382 e. The van der Waals surface area contributed by atoms with E-state index in [9.17, 15) is 22.0 Å². The Morgan fingerprint density at radius 1 is 0.800 bits per heavy atom. The molecule has 8 heteroatoms. The summed E-state index contributed by atoms with van der Waals surface area (Å²) in [5, 5.41) is 2.17. The number of anilines is 1. The third-order valence-electron chi connectivity index (χ3n) is 2.41. The Morgan fingerprint density at radius 2 is 1.35 bits per heavy atom. The lowest BCUT2D eigenvalue weighted by molar-refractivity contribution is 0.0705. The molecule has 0 saturated carbocycles. The number of ether oxygens (including phenoxy) is 2. The van der Waals surface area contributed by atoms with Crippen molar-refractivity contribution in [3.8, 4) is 0 Å². The van der Waals surface area contributed by atoms with Gasteiger partial charge in [-0.25, -0.2) is 22.0 Å². The van der Waals surface area contributed by atoms with Crippen molar-refractivity contribution < 1.29 is 31.4 Å². The maximum Gasteiger partial charge on any atom is 0.200 e. The van der Waals surface area contributed by atoms with Crippen LogP contribution in [0.15, 0.2) is 0 Å². The van der Waals surface area contributed by atoms with Crippen LogP contribution in [0.1, 0.15) is 6.42 Å². The number of methoxy groups -OCH3 is 1. The van der Waals surface area contributed by atoms with Gasteiger partial charge in [0.15, 0.2) is 23.3 Å². The van der Waals surface area contributed by atoms with E-state index >= 15 is 0 Å². The summed E-state index contributed by atoms with van der Waals surface area (Å²) in [7, 11) is 1.51. The Balaban J connectivity index is 2.52. The molecule has 0 atom stereocenters. The predicted molar refractivity (Wildman–Crippen MR) is 62.0 cm³/mol. The largest absolute Gasteiger partial charge is 0.382 e. The molecule has 0 spiro atoms. The molecule has 0 aliphatic carbocycles. The Bertz CT molecular complexity index is 427. The molecular weight excluding hydrogens is 285 g/mol. The lowest BCUT2D eigenvalue weighted by atomic mass is 10.2. The SMILES string of the molecule is COCCOCCCNc1c(F)c(F)c(F)c(F)c1F. The first-order valence-electron chi connectivity index (χ1n) is 5.82. The first-order chi connectivity index (χ1) is 9.50. The predicted octanol–water partition coefficient (Wildman–Crippen LogP) is 2.85. The zero-order valence-electron chi connectivity index (χ0n) is 10.7. The van der Waals surface area contributed by atoms with Crippen LogP contribution in [0.3, 0.4) is 0 Å². The molecule has 0 heterocycles. The maximum absolute atomic E-state index is 13.2. The number of halogens is 5. The first kappa shape index (κ1) is 16.6. The Kier molecular flexibility index (Phi) is 6.66. The van der Waals surface area contributed by atoms with E-state index in [2.05, 4.69) is 5.32 Å². The van der Waals surface area contributed by atoms with Gasteiger partial charge in [0.25, 0.3) is 0 Å². The van der Waals surface area contributed by atoms with E-state index in [-0.39, 0.29) is 13.2 Å². The standard InChI is InChI=1S/C12H14F5NO2/c1-19-5-6-20-4-2-3-18-12-10(16)8(14)7(13)9(15)11(12)17/h18H,2-6H2,1H3. The fourth-order valence-electron chi connectivity index (χ4n) is 1.39. The van der Waals surface area contributed by atoms with Crippen LogP contribution in [0.2, 0.25) is 0 Å². The molecule has 0 radical (unpaired) electrons. The monoisotopic (exact) mass is 299 g/mol. The van der Waals surface area contributed by atoms with Crippen molar-refractivity contribution in [3.63, 3.8) is 0 Å². The number of rotatable bonds is 8. The molecule has 1 rings (SSSR count). The van der Waals surface area contributed by atoms with Crippen molar-refractivity contribution in [1.82, 2.24) is 0 Å². The molecule has 0 unspecified atom stereocenters. The maximum atomic E-state index is 13.2. The van der Waals surface area contributed by atoms with Crippen molar-refractivity contribution in [2.45, 2.75) is 6.42 Å². The van der Waals surface area contributed by atoms with Crippen LogP contribution in [0.25, 0.3) is 0 Å². The van der Waals surface area contributed by atoms with Crippen molar-refractivity contribution in [1.29, 1.82) is 0 Å². The molecular formula is C12H14F5NO2. The van der Waals surface area contributed by atoms with E-state index < -0.39 is 34.8 Å². The minimum absolute atomic E-state index is 0.00529. The van der Waals surface area contributed by atoms with Gasteiger partial charge in [-0.05, 0) is 6.42 Å². The number of benzene rings is 1. The van der Waals surface area contributed by atoms with Gasteiger partial charge in [0.2, 0.25) is 5.82 Å². The lowest BCUT2D eigenvalue weighted by Gasteiger charge is -2.10. The summed E-state index contributed by atoms with van der Waals surface area (Å²) in [6.07, 6.45) is 0.337. The molecule has 0 aromatic heterocycles. The molecule has 1 N–H and O–H groups in total. The van der Waals surface area contributed by atoms with Gasteiger partial charge >= 0.3 is 0 Å². The van der Waals surface area contributed by atoms with Gasteiger partial charge < -0.3 is 14.8 Å². The summed E-state index contributed by atoms with van der Waals surface area (Å²) in [6.45, 7) is 1.04. The molecule has 114 valence electrons. The highest BCUT2D eigenvalue weighted by atomic mass is 19.2. The summed E-state index contributed by atoms with van der Waals surface area (Å²) in [5.41, 5.74) is -1.03. The number of hydrogen-bond acceptors (Lipinski definition) is 3. The molecule has 0 aliphatic heterocycles. The molecule has 1 aromatic rings. The molecule has 3 nitrogen and oxygen atoms in total. The van der Waals surface area contributed by atoms with Crippen LogP contribution in [-0.4, -0.2) is 33.5 Å². The third kappa shape index (κ3) is 4.04. The molecule has 0 amide bonds. The summed E-state index contributed by atoms with van der Waals surface area (Å²) in [6, 6.07) is 0. The Hall–Kier alpha value is -1.41. The summed E-state index contributed by atoms with van der Waals surface area (Å²) >= 11 is 0. The second-order valence-electron chi connectivity index (χ2n) is 3.83. The molecule has 0 bridgehead atoms. The average Bonchev–Trinajstić information content (AvgIpc) is 2.45. The highest BCUT2D eigenvalue weighted by Gasteiger charge is 2.25. The van der Waals surface area contributed by atoms with Crippen LogP contribution in [0.4, 0.5) is 27.6 Å². The van der Waals surface area contributed by atoms with Gasteiger partial charge in [0, 0.05) is 20.3 Å². The summed E-state index contributed by atoms with van der Waals surface area (Å²) in [5.74, 6) is -9.86. The molecule has 0 aliphatic rings. The second kappa shape index (κ2) is 8.01. The van der Waals surface area contributed by atoms with Crippen molar-refractivity contribution in [2.24, 2.45) is 0 Å². The van der Waals surface area contributed by atoms with E-state index in [0.717, 1.165) is 0 Å². The Morgan fingerprint density at radius 3 is 1.90 bits per heavy atom. The zero-order chi connectivity index (χ0) is 15.1. The quantitative estimate of drug-likeness (QED) is 0.346. The first-order valence-corrected chi connectivity index (χ1v) is 5.82. The molecule has 0 fully saturated rings. The minimum atomic E-state index is -2.17. The van der Waals surface area contributed by atoms with Crippen molar-refractivity contribution >= 4 is 5.69 Å². The zero-order valence-corrected chi connectivity index (χ0v) is 10.7. The summed E-state index contributed by atoms with van der Waals surface area (Å²) < 4.78 is 74.8. The van der Waals surface area contributed by atoms with Crippen LogP contribution in [-0.2, 0) is 9.47 Å². The van der Waals surface area contributed by atoms with E-state index in [1.165, 1.54) is 7.11 Å². The van der Waals surface area contributed by atoms with E-state index in [4.69, 9.17) is 9.47 Å². The molecule has 1 aromatic carbocycles. The van der Waals surface area contributed by atoms with Crippen molar-refractivity contribution in [3.05, 3.63) is 29.1 Å². The van der Waals surface area contributed by atoms with E-state index in [1.807, 2.05) is 0 Å². The fraction of sp³-hybridized carbons (Fsp3) is 0.500. The van der Waals surface area contributed by atoms with Gasteiger partial charge in [-0.3, -0.25) is 0 Å². The van der Waals surface area contributed by atoms with Gasteiger partial charge in [0.05, 0.1) is 13.2 Å². The van der Waals surface area contributed by atoms with Crippen LogP contribution in [0.5, 0.6) is 0 Å². The smallest absolute Gasteiger partial charge is 0.200 e. The van der Waals surface area contributed by atoms with E-state index in [1.54, 1.807) is 0 Å². The van der Waals surface area contributed by atoms with Gasteiger partial charge in [-0.2, -0.15) is 0 Å². The van der Waals surface area contributed by atoms with Crippen LogP contribution >= 0.6 is 0 Å². The van der Waals surface area contributed by atoms with Crippen LogP contribution < -0.4 is 5.32 Å². The summed E-state index contributed by atoms with van der Waals surface area (Å²) in [4.78, 5) is 0. The topological polar surface area (TPSA) is 30.5 Å². The van der Waals surface area contributed by atoms with Gasteiger partial charge in [-0.15, -0.1) is 0 Å². The Labute approximate surface area is 112 Å². The van der Waals surface area contributed by atoms with Crippen molar-refractivity contribution in [2.75, 3.05) is 38.8 Å². The highest BCUT2D eigenvalue weighted by molar-refractivity contribution is 5.47. The fourth-order valence-corrected chi connectivity index (χ4v) is 1.39. The highest BCUT2D eigenvalue weighted by Crippen LogP contribution is 2.26. The third-order valence-corrected chi connectivity index (χ3v) is 2.41. The number of hydrogen-bond donors (Lipinski definition) is 1. The van der Waals surface area contributed by atoms with Crippen LogP contribution in [0, 0.1) is 29.1 Å². The molecule has 0 saturated heterocycles. The second-order valence-corrected chi connectivity index (χ2v) is 3.83. The molecule has 20 heavy (non-hydrogen) atoms. The number of nitrogens with one attached hydrogen (secondary N) is 1. The van der Waals surface area contributed by atoms with Gasteiger partial charge in [0.1, 0.15) is 5.69 Å².